The molecule has 1 aromatic carbocycles. The molecule has 1 aliphatic rings. The number of aliphatic hydroxyl groups is 1. The van der Waals surface area contributed by atoms with Crippen LogP contribution in [-0.2, 0) is 11.2 Å². The Morgan fingerprint density at radius 3 is 3.00 bits per heavy atom. The van der Waals surface area contributed by atoms with Crippen LogP contribution in [0.2, 0.25) is 0 Å². The zero-order valence-corrected chi connectivity index (χ0v) is 16.3. The summed E-state index contributed by atoms with van der Waals surface area (Å²) in [5.74, 6) is 2.43. The van der Waals surface area contributed by atoms with Crippen LogP contribution in [-0.4, -0.2) is 46.1 Å². The van der Waals surface area contributed by atoms with Crippen LogP contribution >= 0.6 is 11.8 Å². The second-order valence-corrected chi connectivity index (χ2v) is 8.03. The average Bonchev–Trinajstić information content (AvgIpc) is 2.93. The van der Waals surface area contributed by atoms with Gasteiger partial charge >= 0.3 is 0 Å². The van der Waals surface area contributed by atoms with Crippen molar-refractivity contribution in [1.29, 1.82) is 0 Å². The molecular weight excluding hydrogens is 330 g/mol. The molecular formula is C21H31NO2S. The Kier molecular flexibility index (Phi) is 8.56. The van der Waals surface area contributed by atoms with Crippen LogP contribution in [0, 0.1) is 6.92 Å². The number of likely N-dealkylation sites (tertiary alicyclic amines) is 1. The molecule has 138 valence electrons. The fraction of sp³-hybridized carbons (Fsp3) is 0.571. The summed E-state index contributed by atoms with van der Waals surface area (Å²) >= 11 is 1.93. The number of aryl methyl sites for hydroxylation is 1. The van der Waals surface area contributed by atoms with E-state index in [-0.39, 0.29) is 11.9 Å². The fourth-order valence-electron chi connectivity index (χ4n) is 3.16. The lowest BCUT2D eigenvalue weighted by molar-refractivity contribution is -0.128. The fourth-order valence-corrected chi connectivity index (χ4v) is 4.19. The number of carbonyl (C=O) groups excluding carboxylic acids is 1. The number of benzene rings is 1. The van der Waals surface area contributed by atoms with Gasteiger partial charge in [-0.15, -0.1) is 0 Å². The van der Waals surface area contributed by atoms with Crippen molar-refractivity contribution in [3.8, 4) is 0 Å². The molecule has 1 aliphatic heterocycles. The minimum absolute atomic E-state index is 0.145. The minimum Gasteiger partial charge on any atom is -0.389 e. The highest BCUT2D eigenvalue weighted by atomic mass is 32.2. The van der Waals surface area contributed by atoms with Crippen molar-refractivity contribution in [3.05, 3.63) is 47.5 Å². The van der Waals surface area contributed by atoms with Gasteiger partial charge in [0.25, 0.3) is 0 Å². The molecule has 2 atom stereocenters. The first kappa shape index (κ1) is 20.1. The van der Waals surface area contributed by atoms with E-state index in [4.69, 9.17) is 0 Å². The number of hydrogen-bond donors (Lipinski definition) is 1. The van der Waals surface area contributed by atoms with Gasteiger partial charge in [-0.05, 0) is 31.1 Å². The van der Waals surface area contributed by atoms with Crippen LogP contribution in [0.5, 0.6) is 0 Å². The summed E-state index contributed by atoms with van der Waals surface area (Å²) < 4.78 is 0. The molecule has 0 spiro atoms. The summed E-state index contributed by atoms with van der Waals surface area (Å²) in [5, 5.41) is 10.3. The lowest BCUT2D eigenvalue weighted by atomic mass is 10.0. The van der Waals surface area contributed by atoms with Gasteiger partial charge in [0.1, 0.15) is 0 Å². The van der Waals surface area contributed by atoms with Crippen molar-refractivity contribution in [2.45, 2.75) is 58.1 Å². The highest BCUT2D eigenvalue weighted by Crippen LogP contribution is 2.21. The van der Waals surface area contributed by atoms with Gasteiger partial charge in [0.2, 0.25) is 5.91 Å². The molecule has 1 heterocycles. The predicted octanol–water partition coefficient (Wildman–Crippen LogP) is 3.98. The number of hydrogen-bond acceptors (Lipinski definition) is 3. The van der Waals surface area contributed by atoms with Gasteiger partial charge in [-0.2, -0.15) is 11.8 Å². The standard InChI is InChI=1S/C21H31NO2S/c1-3-4-13-25-14-12-22-19(9-11-21(22)24)8-10-20(23)16-18-7-5-6-17(2)15-18/h5-8,10,15,19-20,23H,3-4,9,11-14,16H2,1-2H3/b10-8+/t19-,20+/m0/s1. The highest BCUT2D eigenvalue weighted by Gasteiger charge is 2.28. The molecule has 1 fully saturated rings. The second-order valence-electron chi connectivity index (χ2n) is 6.80. The Balaban J connectivity index is 1.82. The Labute approximate surface area is 156 Å². The van der Waals surface area contributed by atoms with Crippen LogP contribution in [0.25, 0.3) is 0 Å². The van der Waals surface area contributed by atoms with Gasteiger partial charge in [-0.3, -0.25) is 4.79 Å². The van der Waals surface area contributed by atoms with E-state index in [1.807, 2.05) is 40.9 Å². The molecule has 0 saturated carbocycles. The van der Waals surface area contributed by atoms with Gasteiger partial charge in [-0.1, -0.05) is 55.3 Å². The second kappa shape index (κ2) is 10.7. The molecule has 0 unspecified atom stereocenters. The van der Waals surface area contributed by atoms with E-state index in [1.54, 1.807) is 0 Å². The largest absolute Gasteiger partial charge is 0.389 e. The Hall–Kier alpha value is -1.26. The molecule has 2 rings (SSSR count). The SMILES string of the molecule is CCCCSCCN1C(=O)CC[C@@H]1/C=C/[C@@H](O)Cc1cccc(C)c1. The molecule has 4 heteroatoms. The number of amides is 1. The lowest BCUT2D eigenvalue weighted by Crippen LogP contribution is -2.34. The maximum atomic E-state index is 12.1. The molecule has 0 aliphatic carbocycles. The van der Waals surface area contributed by atoms with Gasteiger partial charge < -0.3 is 10.0 Å². The first-order valence-electron chi connectivity index (χ1n) is 9.39. The van der Waals surface area contributed by atoms with Crippen molar-refractivity contribution in [2.75, 3.05) is 18.1 Å². The molecule has 1 amide bonds. The third-order valence-corrected chi connectivity index (χ3v) is 5.62. The summed E-state index contributed by atoms with van der Waals surface area (Å²) in [5.41, 5.74) is 2.35. The van der Waals surface area contributed by atoms with Gasteiger partial charge in [0.15, 0.2) is 0 Å². The summed E-state index contributed by atoms with van der Waals surface area (Å²) in [6.07, 6.45) is 7.97. The van der Waals surface area contributed by atoms with Crippen molar-refractivity contribution >= 4 is 17.7 Å². The van der Waals surface area contributed by atoms with Crippen LogP contribution in [0.4, 0.5) is 0 Å². The predicted molar refractivity (Wildman–Crippen MR) is 107 cm³/mol. The molecule has 0 aromatic heterocycles. The van der Waals surface area contributed by atoms with Crippen molar-refractivity contribution in [3.63, 3.8) is 0 Å². The quantitative estimate of drug-likeness (QED) is 0.506. The molecule has 3 nitrogen and oxygen atoms in total. The third-order valence-electron chi connectivity index (χ3n) is 4.58. The van der Waals surface area contributed by atoms with Gasteiger partial charge in [-0.25, -0.2) is 0 Å². The van der Waals surface area contributed by atoms with Crippen LogP contribution in [0.3, 0.4) is 0 Å². The van der Waals surface area contributed by atoms with E-state index < -0.39 is 6.10 Å². The summed E-state index contributed by atoms with van der Waals surface area (Å²) in [7, 11) is 0. The Bertz CT molecular complexity index is 573. The number of carbonyl (C=O) groups is 1. The van der Waals surface area contributed by atoms with Crippen LogP contribution in [0.1, 0.15) is 43.7 Å². The number of thioether (sulfide) groups is 1. The molecule has 0 bridgehead atoms. The maximum absolute atomic E-state index is 12.1. The van der Waals surface area contributed by atoms with Crippen LogP contribution in [0.15, 0.2) is 36.4 Å². The van der Waals surface area contributed by atoms with E-state index in [0.29, 0.717) is 12.8 Å². The Morgan fingerprint density at radius 2 is 2.24 bits per heavy atom. The van der Waals surface area contributed by atoms with E-state index in [0.717, 1.165) is 24.3 Å². The van der Waals surface area contributed by atoms with Crippen LogP contribution < -0.4 is 0 Å². The molecule has 25 heavy (non-hydrogen) atoms. The van der Waals surface area contributed by atoms with E-state index in [2.05, 4.69) is 26.0 Å². The normalized spacial score (nSPS) is 19.1. The molecule has 1 saturated heterocycles. The molecule has 1 aromatic rings. The zero-order chi connectivity index (χ0) is 18.1. The number of rotatable bonds is 10. The van der Waals surface area contributed by atoms with E-state index >= 15 is 0 Å². The lowest BCUT2D eigenvalue weighted by Gasteiger charge is -2.22. The highest BCUT2D eigenvalue weighted by molar-refractivity contribution is 7.99. The van der Waals surface area contributed by atoms with Crippen molar-refractivity contribution < 1.29 is 9.90 Å². The first-order valence-corrected chi connectivity index (χ1v) is 10.5. The smallest absolute Gasteiger partial charge is 0.223 e. The van der Waals surface area contributed by atoms with Crippen molar-refractivity contribution in [2.24, 2.45) is 0 Å². The van der Waals surface area contributed by atoms with Crippen molar-refractivity contribution in [1.82, 2.24) is 4.90 Å². The third kappa shape index (κ3) is 6.87. The number of aliphatic hydroxyl groups excluding tert-OH is 1. The number of unbranched alkanes of at least 4 members (excludes halogenated alkanes) is 1. The minimum atomic E-state index is -0.502. The molecule has 1 N–H and O–H groups in total. The first-order chi connectivity index (χ1) is 12.1. The van der Waals surface area contributed by atoms with E-state index in [1.165, 1.54) is 24.2 Å². The maximum Gasteiger partial charge on any atom is 0.223 e. The topological polar surface area (TPSA) is 40.5 Å². The zero-order valence-electron chi connectivity index (χ0n) is 15.5. The summed E-state index contributed by atoms with van der Waals surface area (Å²) in [4.78, 5) is 14.1. The van der Waals surface area contributed by atoms with Gasteiger partial charge in [0, 0.05) is 25.1 Å². The average molecular weight is 362 g/mol. The van der Waals surface area contributed by atoms with Gasteiger partial charge in [0.05, 0.1) is 12.1 Å². The molecule has 0 radical (unpaired) electrons. The Morgan fingerprint density at radius 1 is 1.40 bits per heavy atom. The van der Waals surface area contributed by atoms with E-state index in [9.17, 15) is 9.90 Å². The monoisotopic (exact) mass is 361 g/mol. The number of nitrogens with zero attached hydrogens (tertiary/aromatic N) is 1. The summed E-state index contributed by atoms with van der Waals surface area (Å²) in [6, 6.07) is 8.38. The summed E-state index contributed by atoms with van der Waals surface area (Å²) in [6.45, 7) is 5.08.